The van der Waals surface area contributed by atoms with Crippen LogP contribution < -0.4 is 5.32 Å². The van der Waals surface area contributed by atoms with Gasteiger partial charge in [-0.1, -0.05) is 30.3 Å². The third-order valence-electron chi connectivity index (χ3n) is 3.28. The zero-order valence-electron chi connectivity index (χ0n) is 14.1. The van der Waals surface area contributed by atoms with Gasteiger partial charge in [-0.25, -0.2) is 9.59 Å². The van der Waals surface area contributed by atoms with Crippen molar-refractivity contribution in [1.82, 2.24) is 5.32 Å². The maximum atomic E-state index is 12.8. The van der Waals surface area contributed by atoms with Crippen LogP contribution in [0, 0.1) is 0 Å². The van der Waals surface area contributed by atoms with E-state index in [1.165, 1.54) is 0 Å². The van der Waals surface area contributed by atoms with E-state index in [0.29, 0.717) is 5.56 Å². The average molecular weight is 365 g/mol. The van der Waals surface area contributed by atoms with Crippen LogP contribution >= 0.6 is 0 Å². The van der Waals surface area contributed by atoms with E-state index in [2.05, 4.69) is 10.1 Å². The number of halogens is 3. The monoisotopic (exact) mass is 365 g/mol. The molecule has 0 aliphatic heterocycles. The minimum absolute atomic E-state index is 0. The maximum absolute atomic E-state index is 12.8. The number of amides is 1. The van der Waals surface area contributed by atoms with Crippen molar-refractivity contribution >= 4 is 12.1 Å². The van der Waals surface area contributed by atoms with Crippen LogP contribution in [0.2, 0.25) is 0 Å². The molecular weight excluding hydrogens is 343 g/mol. The highest BCUT2D eigenvalue weighted by Crippen LogP contribution is 2.32. The van der Waals surface area contributed by atoms with Crippen molar-refractivity contribution in [3.8, 4) is 0 Å². The van der Waals surface area contributed by atoms with Gasteiger partial charge in [0.2, 0.25) is 0 Å². The fourth-order valence-corrected chi connectivity index (χ4v) is 1.59. The van der Waals surface area contributed by atoms with Gasteiger partial charge in [0.25, 0.3) is 0 Å². The van der Waals surface area contributed by atoms with Crippen molar-refractivity contribution in [1.29, 1.82) is 0 Å². The smallest absolute Gasteiger partial charge is 0.416 e. The van der Waals surface area contributed by atoms with Crippen LogP contribution in [0.15, 0.2) is 30.3 Å². The number of benzene rings is 1. The summed E-state index contributed by atoms with van der Waals surface area (Å²) in [6.07, 6.45) is -5.62. The van der Waals surface area contributed by atoms with E-state index in [-0.39, 0.29) is 8.03 Å². The molecule has 9 heteroatoms. The molecule has 0 aliphatic carbocycles. The van der Waals surface area contributed by atoms with Crippen LogP contribution in [0.25, 0.3) is 0 Å². The largest absolute Gasteiger partial charge is 0.467 e. The number of ether oxygens (including phenoxy) is 3. The lowest BCUT2D eigenvalue weighted by Crippen LogP contribution is -2.49. The highest BCUT2D eigenvalue weighted by Gasteiger charge is 2.49. The third-order valence-corrected chi connectivity index (χ3v) is 3.28. The molecule has 0 aliphatic rings. The normalized spacial score (nSPS) is 13.0. The molecule has 0 aromatic heterocycles. The Hall–Kier alpha value is -2.29. The van der Waals surface area contributed by atoms with Crippen LogP contribution in [0.4, 0.5) is 18.0 Å². The molecule has 25 heavy (non-hydrogen) atoms. The number of hydrogen-bond donors (Lipinski definition) is 1. The molecule has 0 saturated heterocycles. The first-order chi connectivity index (χ1) is 11.6. The topological polar surface area (TPSA) is 73.9 Å². The lowest BCUT2D eigenvalue weighted by molar-refractivity contribution is -0.264. The number of alkyl carbamates (subject to hydrolysis) is 1. The molecule has 6 nitrogen and oxygen atoms in total. The van der Waals surface area contributed by atoms with E-state index in [1.807, 2.05) is 0 Å². The Morgan fingerprint density at radius 3 is 2.32 bits per heavy atom. The maximum Gasteiger partial charge on any atom is 0.416 e. The second kappa shape index (κ2) is 8.70. The van der Waals surface area contributed by atoms with Crippen LogP contribution in [0.5, 0.6) is 0 Å². The first-order valence-electron chi connectivity index (χ1n) is 7.32. The van der Waals surface area contributed by atoms with Crippen molar-refractivity contribution in [2.45, 2.75) is 38.3 Å². The molecule has 1 N–H and O–H groups in total. The summed E-state index contributed by atoms with van der Waals surface area (Å²) in [4.78, 5) is 23.4. The molecule has 0 bridgehead atoms. The summed E-state index contributed by atoms with van der Waals surface area (Å²) in [5.41, 5.74) is -1.78. The quantitative estimate of drug-likeness (QED) is 0.752. The number of hydrogen-bond acceptors (Lipinski definition) is 5. The Balaban J connectivity index is 0.00000625. The van der Waals surface area contributed by atoms with Crippen LogP contribution in [-0.2, 0) is 25.6 Å². The van der Waals surface area contributed by atoms with Crippen LogP contribution in [0.3, 0.4) is 0 Å². The highest BCUT2D eigenvalue weighted by atomic mass is 19.4. The van der Waals surface area contributed by atoms with Crippen LogP contribution in [-0.4, -0.2) is 43.6 Å². The third kappa shape index (κ3) is 6.61. The number of rotatable bonds is 7. The highest BCUT2D eigenvalue weighted by molar-refractivity contribution is 5.81. The van der Waals surface area contributed by atoms with Crippen molar-refractivity contribution in [2.75, 3.05) is 13.7 Å². The predicted molar refractivity (Wildman–Crippen MR) is 83.8 cm³/mol. The molecule has 0 fully saturated rings. The van der Waals surface area contributed by atoms with Gasteiger partial charge in [-0.05, 0) is 19.4 Å². The molecule has 0 saturated carbocycles. The summed E-state index contributed by atoms with van der Waals surface area (Å²) in [7, 11) is 1.04. The van der Waals surface area contributed by atoms with Gasteiger partial charge in [-0.15, -0.1) is 0 Å². The summed E-state index contributed by atoms with van der Waals surface area (Å²) >= 11 is 0. The first kappa shape index (κ1) is 20.8. The van der Waals surface area contributed by atoms with Crippen molar-refractivity contribution in [2.24, 2.45) is 0 Å². The minimum Gasteiger partial charge on any atom is -0.467 e. The molecule has 142 valence electrons. The van der Waals surface area contributed by atoms with Crippen molar-refractivity contribution < 1.29 is 38.4 Å². The first-order valence-corrected chi connectivity index (χ1v) is 7.32. The molecular formula is C16H22F3NO5. The van der Waals surface area contributed by atoms with Gasteiger partial charge in [0.05, 0.1) is 13.7 Å². The second-order valence-electron chi connectivity index (χ2n) is 5.60. The molecule has 1 rings (SSSR count). The van der Waals surface area contributed by atoms with Gasteiger partial charge in [-0.3, -0.25) is 0 Å². The number of carbonyl (C=O) groups is 2. The van der Waals surface area contributed by atoms with E-state index in [9.17, 15) is 22.8 Å². The molecule has 1 amide bonds. The summed E-state index contributed by atoms with van der Waals surface area (Å²) in [6, 6.07) is 7.30. The fraction of sp³-hybridized carbons (Fsp3) is 0.500. The van der Waals surface area contributed by atoms with Gasteiger partial charge >= 0.3 is 18.2 Å². The molecule has 1 atom stereocenters. The van der Waals surface area contributed by atoms with E-state index in [4.69, 9.17) is 9.47 Å². The Kier molecular flexibility index (Phi) is 7.22. The Morgan fingerprint density at radius 1 is 1.20 bits per heavy atom. The molecule has 1 aromatic rings. The average Bonchev–Trinajstić information content (AvgIpc) is 2.56. The summed E-state index contributed by atoms with van der Waals surface area (Å²) in [6.45, 7) is 0.846. The van der Waals surface area contributed by atoms with Crippen LogP contribution in [0.1, 0.15) is 20.8 Å². The summed E-state index contributed by atoms with van der Waals surface area (Å²) in [5, 5.41) is 2.13. The summed E-state index contributed by atoms with van der Waals surface area (Å²) in [5.74, 6) is -0.949. The Morgan fingerprint density at radius 2 is 1.80 bits per heavy atom. The number of esters is 1. The van der Waals surface area contributed by atoms with Gasteiger partial charge < -0.3 is 19.5 Å². The van der Waals surface area contributed by atoms with Crippen molar-refractivity contribution in [3.05, 3.63) is 35.9 Å². The molecule has 1 aromatic carbocycles. The van der Waals surface area contributed by atoms with E-state index >= 15 is 0 Å². The molecule has 0 unspecified atom stereocenters. The fourth-order valence-electron chi connectivity index (χ4n) is 1.59. The standard InChI is InChI=1S/C16H20F3NO5.H2/c1-15(2,16(17,18)19)25-10-12(13(21)23-3)20-14(22)24-9-11-7-5-4-6-8-11;/h4-8,12H,9-10H2,1-3H3,(H,20,22);1H/t12-;/m0./s1. The van der Waals surface area contributed by atoms with Gasteiger partial charge in [0, 0.05) is 1.43 Å². The number of methoxy groups -OCH3 is 1. The van der Waals surface area contributed by atoms with Crippen molar-refractivity contribution in [3.63, 3.8) is 0 Å². The zero-order chi connectivity index (χ0) is 19.1. The van der Waals surface area contributed by atoms with E-state index in [1.54, 1.807) is 30.3 Å². The second-order valence-corrected chi connectivity index (χ2v) is 5.60. The van der Waals surface area contributed by atoms with Gasteiger partial charge in [0.1, 0.15) is 6.61 Å². The lowest BCUT2D eigenvalue weighted by Gasteiger charge is -2.29. The van der Waals surface area contributed by atoms with Gasteiger partial charge in [0.15, 0.2) is 11.6 Å². The van der Waals surface area contributed by atoms with Gasteiger partial charge in [-0.2, -0.15) is 13.2 Å². The minimum atomic E-state index is -4.64. The van der Waals surface area contributed by atoms with E-state index in [0.717, 1.165) is 21.0 Å². The number of carbonyl (C=O) groups excluding carboxylic acids is 2. The molecule has 0 spiro atoms. The Bertz CT molecular complexity index is 581. The van der Waals surface area contributed by atoms with E-state index < -0.39 is 36.5 Å². The Labute approximate surface area is 144 Å². The SMILES string of the molecule is COC(=O)[C@H](COC(C)(C)C(F)(F)F)NC(=O)OCc1ccccc1.[HH]. The number of nitrogens with one attached hydrogen (secondary N) is 1. The lowest BCUT2D eigenvalue weighted by atomic mass is 10.1. The summed E-state index contributed by atoms with van der Waals surface area (Å²) < 4.78 is 52.5. The predicted octanol–water partition coefficient (Wildman–Crippen LogP) is 3.06. The molecule has 0 heterocycles. The molecule has 0 radical (unpaired) electrons. The number of alkyl halides is 3. The zero-order valence-corrected chi connectivity index (χ0v) is 14.1.